The van der Waals surface area contributed by atoms with Crippen LogP contribution in [0.3, 0.4) is 0 Å². The maximum atomic E-state index is 13.0. The number of methoxy groups -OCH3 is 1. The predicted octanol–water partition coefficient (Wildman–Crippen LogP) is 2.30. The second-order valence-electron chi connectivity index (χ2n) is 7.45. The summed E-state index contributed by atoms with van der Waals surface area (Å²) in [7, 11) is -6.14. The SMILES string of the molecule is C=CCN(CC(=O)Nc1cccc(S(=O)(=O)N2CCCC2)c1)S(=O)(=O)c1ccc(OC)cc1. The van der Waals surface area contributed by atoms with Crippen molar-refractivity contribution in [1.29, 1.82) is 0 Å². The van der Waals surface area contributed by atoms with E-state index in [0.29, 0.717) is 18.8 Å². The van der Waals surface area contributed by atoms with Crippen LogP contribution in [0.15, 0.2) is 71.0 Å². The Kier molecular flexibility index (Phi) is 7.90. The van der Waals surface area contributed by atoms with Crippen LogP contribution in [0.4, 0.5) is 5.69 Å². The number of nitrogens with zero attached hydrogens (tertiary/aromatic N) is 2. The second kappa shape index (κ2) is 10.5. The maximum absolute atomic E-state index is 13.0. The van der Waals surface area contributed by atoms with Gasteiger partial charge in [-0.05, 0) is 55.3 Å². The fourth-order valence-corrected chi connectivity index (χ4v) is 6.39. The molecule has 1 aliphatic rings. The van der Waals surface area contributed by atoms with Gasteiger partial charge in [0.25, 0.3) is 0 Å². The molecule has 0 aliphatic carbocycles. The van der Waals surface area contributed by atoms with Crippen LogP contribution in [0.5, 0.6) is 5.75 Å². The molecule has 0 aromatic heterocycles. The molecule has 33 heavy (non-hydrogen) atoms. The smallest absolute Gasteiger partial charge is 0.243 e. The van der Waals surface area contributed by atoms with Gasteiger partial charge in [-0.1, -0.05) is 12.1 Å². The Morgan fingerprint density at radius 2 is 1.76 bits per heavy atom. The average Bonchev–Trinajstić information content (AvgIpc) is 3.35. The lowest BCUT2D eigenvalue weighted by molar-refractivity contribution is -0.116. The van der Waals surface area contributed by atoms with Crippen molar-refractivity contribution in [2.24, 2.45) is 0 Å². The molecule has 1 saturated heterocycles. The van der Waals surface area contributed by atoms with E-state index in [4.69, 9.17) is 4.74 Å². The molecule has 2 aromatic rings. The van der Waals surface area contributed by atoms with Gasteiger partial charge in [0.1, 0.15) is 5.75 Å². The summed E-state index contributed by atoms with van der Waals surface area (Å²) in [6.07, 6.45) is 3.02. The van der Waals surface area contributed by atoms with Crippen LogP contribution in [-0.2, 0) is 24.8 Å². The topological polar surface area (TPSA) is 113 Å². The fourth-order valence-electron chi connectivity index (χ4n) is 3.46. The third kappa shape index (κ3) is 5.80. The number of carbonyl (C=O) groups is 1. The zero-order valence-corrected chi connectivity index (χ0v) is 19.9. The first-order valence-electron chi connectivity index (χ1n) is 10.3. The highest BCUT2D eigenvalue weighted by Gasteiger charge is 2.28. The Labute approximate surface area is 194 Å². The van der Waals surface area contributed by atoms with Gasteiger partial charge < -0.3 is 10.1 Å². The highest BCUT2D eigenvalue weighted by atomic mass is 32.2. The van der Waals surface area contributed by atoms with Crippen molar-refractivity contribution >= 4 is 31.6 Å². The number of ether oxygens (including phenoxy) is 1. The van der Waals surface area contributed by atoms with Gasteiger partial charge in [0, 0.05) is 25.3 Å². The van der Waals surface area contributed by atoms with E-state index >= 15 is 0 Å². The van der Waals surface area contributed by atoms with Crippen LogP contribution in [0.2, 0.25) is 0 Å². The lowest BCUT2D eigenvalue weighted by Gasteiger charge is -2.21. The summed E-state index contributed by atoms with van der Waals surface area (Å²) in [5.41, 5.74) is 0.265. The lowest BCUT2D eigenvalue weighted by Crippen LogP contribution is -2.38. The van der Waals surface area contributed by atoms with Crippen LogP contribution in [-0.4, -0.2) is 64.6 Å². The molecule has 0 radical (unpaired) electrons. The third-order valence-corrected chi connectivity index (χ3v) is 8.89. The van der Waals surface area contributed by atoms with Gasteiger partial charge in [-0.3, -0.25) is 4.79 Å². The number of rotatable bonds is 10. The standard InChI is InChI=1S/C22H27N3O6S2/c1-3-13-25(32(27,28)20-11-9-19(31-2)10-12-20)17-22(26)23-18-7-6-8-21(16-18)33(29,30)24-14-4-5-15-24/h3,6-12,16H,1,4-5,13-15,17H2,2H3,(H,23,26). The number of sulfonamides is 2. The Hall–Kier alpha value is -2.73. The Morgan fingerprint density at radius 1 is 1.09 bits per heavy atom. The minimum Gasteiger partial charge on any atom is -0.497 e. The summed E-state index contributed by atoms with van der Waals surface area (Å²) >= 11 is 0. The molecule has 1 N–H and O–H groups in total. The number of anilines is 1. The zero-order chi connectivity index (χ0) is 24.1. The van der Waals surface area contributed by atoms with Crippen molar-refractivity contribution < 1.29 is 26.4 Å². The maximum Gasteiger partial charge on any atom is 0.243 e. The summed E-state index contributed by atoms with van der Waals surface area (Å²) in [6, 6.07) is 11.8. The van der Waals surface area contributed by atoms with Crippen molar-refractivity contribution in [3.63, 3.8) is 0 Å². The van der Waals surface area contributed by atoms with E-state index in [1.807, 2.05) is 0 Å². The molecule has 2 aromatic carbocycles. The van der Waals surface area contributed by atoms with Gasteiger partial charge in [-0.15, -0.1) is 6.58 Å². The highest BCUT2D eigenvalue weighted by Crippen LogP contribution is 2.24. The van der Waals surface area contributed by atoms with E-state index < -0.39 is 32.5 Å². The van der Waals surface area contributed by atoms with E-state index in [0.717, 1.165) is 17.1 Å². The molecule has 0 atom stereocenters. The van der Waals surface area contributed by atoms with Gasteiger partial charge in [-0.25, -0.2) is 16.8 Å². The molecule has 1 amide bonds. The van der Waals surface area contributed by atoms with Gasteiger partial charge >= 0.3 is 0 Å². The van der Waals surface area contributed by atoms with Crippen molar-refractivity contribution in [2.45, 2.75) is 22.6 Å². The van der Waals surface area contributed by atoms with Crippen molar-refractivity contribution in [1.82, 2.24) is 8.61 Å². The van der Waals surface area contributed by atoms with E-state index in [-0.39, 0.29) is 22.0 Å². The van der Waals surface area contributed by atoms with E-state index in [2.05, 4.69) is 11.9 Å². The van der Waals surface area contributed by atoms with Crippen LogP contribution in [0.25, 0.3) is 0 Å². The van der Waals surface area contributed by atoms with Gasteiger partial charge in [0.05, 0.1) is 23.4 Å². The highest BCUT2D eigenvalue weighted by molar-refractivity contribution is 7.89. The number of hydrogen-bond acceptors (Lipinski definition) is 6. The predicted molar refractivity (Wildman–Crippen MR) is 125 cm³/mol. The molecule has 1 aliphatic heterocycles. The molecular formula is C22H27N3O6S2. The fraction of sp³-hybridized carbons (Fsp3) is 0.318. The van der Waals surface area contributed by atoms with Crippen LogP contribution in [0, 0.1) is 0 Å². The summed E-state index contributed by atoms with van der Waals surface area (Å²) in [4.78, 5) is 12.8. The van der Waals surface area contributed by atoms with Crippen molar-refractivity contribution in [2.75, 3.05) is 38.6 Å². The van der Waals surface area contributed by atoms with Crippen LogP contribution < -0.4 is 10.1 Å². The zero-order valence-electron chi connectivity index (χ0n) is 18.3. The number of benzene rings is 2. The first-order chi connectivity index (χ1) is 15.7. The lowest BCUT2D eigenvalue weighted by atomic mass is 10.3. The normalized spacial score (nSPS) is 14.8. The van der Waals surface area contributed by atoms with Gasteiger partial charge in [-0.2, -0.15) is 8.61 Å². The molecular weight excluding hydrogens is 466 g/mol. The Balaban J connectivity index is 1.75. The molecule has 11 heteroatoms. The molecule has 0 bridgehead atoms. The largest absolute Gasteiger partial charge is 0.497 e. The van der Waals surface area contributed by atoms with E-state index in [1.54, 1.807) is 6.07 Å². The first kappa shape index (κ1) is 24.9. The quantitative estimate of drug-likeness (QED) is 0.508. The number of carbonyl (C=O) groups excluding carboxylic acids is 1. The molecule has 0 spiro atoms. The molecule has 1 heterocycles. The monoisotopic (exact) mass is 493 g/mol. The summed E-state index contributed by atoms with van der Waals surface area (Å²) < 4.78 is 59.0. The Morgan fingerprint density at radius 3 is 2.36 bits per heavy atom. The van der Waals surface area contributed by atoms with Crippen LogP contribution in [0.1, 0.15) is 12.8 Å². The molecule has 3 rings (SSSR count). The van der Waals surface area contributed by atoms with E-state index in [9.17, 15) is 21.6 Å². The molecule has 0 unspecified atom stereocenters. The first-order valence-corrected chi connectivity index (χ1v) is 13.2. The van der Waals surface area contributed by atoms with Gasteiger partial charge in [0.15, 0.2) is 0 Å². The second-order valence-corrected chi connectivity index (χ2v) is 11.3. The minimum absolute atomic E-state index is 0.0108. The number of amides is 1. The summed E-state index contributed by atoms with van der Waals surface area (Å²) in [5, 5.41) is 2.59. The third-order valence-electron chi connectivity index (χ3n) is 5.17. The molecule has 0 saturated carbocycles. The number of nitrogens with one attached hydrogen (secondary N) is 1. The molecule has 9 nitrogen and oxygen atoms in total. The van der Waals surface area contributed by atoms with Crippen molar-refractivity contribution in [3.8, 4) is 5.75 Å². The van der Waals surface area contributed by atoms with Crippen LogP contribution >= 0.6 is 0 Å². The molecule has 178 valence electrons. The molecule has 1 fully saturated rings. The average molecular weight is 494 g/mol. The summed E-state index contributed by atoms with van der Waals surface area (Å²) in [6.45, 7) is 3.97. The number of hydrogen-bond donors (Lipinski definition) is 1. The summed E-state index contributed by atoms with van der Waals surface area (Å²) in [5.74, 6) is -0.101. The van der Waals surface area contributed by atoms with E-state index in [1.165, 1.54) is 60.0 Å². The Bertz CT molecular complexity index is 1200. The van der Waals surface area contributed by atoms with Crippen molar-refractivity contribution in [3.05, 3.63) is 61.2 Å². The van der Waals surface area contributed by atoms with Gasteiger partial charge in [0.2, 0.25) is 26.0 Å². The minimum atomic E-state index is -3.97.